The highest BCUT2D eigenvalue weighted by Gasteiger charge is 2.17. The number of pyridine rings is 1. The van der Waals surface area contributed by atoms with E-state index >= 15 is 0 Å². The van der Waals surface area contributed by atoms with Crippen LogP contribution in [0.1, 0.15) is 0 Å². The Morgan fingerprint density at radius 1 is 1.08 bits per heavy atom. The third kappa shape index (κ3) is 3.57. The zero-order valence-corrected chi connectivity index (χ0v) is 15.6. The van der Waals surface area contributed by atoms with Crippen molar-refractivity contribution in [3.63, 3.8) is 0 Å². The number of hydrogen-bond acceptors (Lipinski definition) is 4. The van der Waals surface area contributed by atoms with E-state index in [1.165, 1.54) is 25.3 Å². The van der Waals surface area contributed by atoms with Gasteiger partial charge in [-0.3, -0.25) is 4.98 Å². The highest BCUT2D eigenvalue weighted by Crippen LogP contribution is 2.35. The smallest absolute Gasteiger partial charge is 0.178 e. The Hall–Kier alpha value is -2.44. The van der Waals surface area contributed by atoms with E-state index in [1.807, 2.05) is 12.1 Å². The SMILES string of the molecule is COc1ccc(-c2cccnc2-c2ccc(S(C)(=O)=O)c(F)c2)cc1Cl. The lowest BCUT2D eigenvalue weighted by Gasteiger charge is -2.11. The number of rotatable bonds is 4. The van der Waals surface area contributed by atoms with E-state index in [0.717, 1.165) is 17.4 Å². The molecule has 0 aliphatic heterocycles. The zero-order chi connectivity index (χ0) is 18.9. The van der Waals surface area contributed by atoms with Gasteiger partial charge in [-0.2, -0.15) is 0 Å². The van der Waals surface area contributed by atoms with Gasteiger partial charge in [-0.1, -0.05) is 29.8 Å². The summed E-state index contributed by atoms with van der Waals surface area (Å²) in [7, 11) is -2.10. The molecular weight excluding hydrogens is 377 g/mol. The number of benzene rings is 2. The molecule has 4 nitrogen and oxygen atoms in total. The fourth-order valence-electron chi connectivity index (χ4n) is 2.65. The Bertz CT molecular complexity index is 1080. The Balaban J connectivity index is 2.14. The molecule has 0 aliphatic carbocycles. The molecule has 0 amide bonds. The quantitative estimate of drug-likeness (QED) is 0.651. The molecule has 0 saturated carbocycles. The van der Waals surface area contributed by atoms with Gasteiger partial charge in [0.05, 0.1) is 17.8 Å². The summed E-state index contributed by atoms with van der Waals surface area (Å²) < 4.78 is 42.7. The summed E-state index contributed by atoms with van der Waals surface area (Å²) in [5, 5.41) is 0.443. The van der Waals surface area contributed by atoms with Crippen LogP contribution in [0.3, 0.4) is 0 Å². The van der Waals surface area contributed by atoms with Gasteiger partial charge < -0.3 is 4.74 Å². The number of methoxy groups -OCH3 is 1. The fraction of sp³-hybridized carbons (Fsp3) is 0.105. The van der Waals surface area contributed by atoms with Gasteiger partial charge in [0, 0.05) is 23.6 Å². The van der Waals surface area contributed by atoms with Gasteiger partial charge in [-0.15, -0.1) is 0 Å². The van der Waals surface area contributed by atoms with Crippen LogP contribution in [0.4, 0.5) is 4.39 Å². The summed E-state index contributed by atoms with van der Waals surface area (Å²) in [4.78, 5) is 4.00. The minimum Gasteiger partial charge on any atom is -0.495 e. The standard InChI is InChI=1S/C19H15ClFNO3S/c1-25-17-7-5-12(10-15(17)20)14-4-3-9-22-19(14)13-6-8-18(16(21)11-13)26(2,23)24/h3-11H,1-2H3. The predicted molar refractivity (Wildman–Crippen MR) is 99.7 cm³/mol. The molecule has 1 aromatic heterocycles. The molecule has 3 aromatic rings. The van der Waals surface area contributed by atoms with Gasteiger partial charge in [0.2, 0.25) is 0 Å². The first-order valence-electron chi connectivity index (χ1n) is 7.60. The van der Waals surface area contributed by atoms with Crippen molar-refractivity contribution < 1.29 is 17.5 Å². The number of ether oxygens (including phenoxy) is 1. The zero-order valence-electron chi connectivity index (χ0n) is 14.0. The number of aromatic nitrogens is 1. The van der Waals surface area contributed by atoms with E-state index in [9.17, 15) is 12.8 Å². The largest absolute Gasteiger partial charge is 0.495 e. The molecule has 0 bridgehead atoms. The Morgan fingerprint density at radius 3 is 2.42 bits per heavy atom. The lowest BCUT2D eigenvalue weighted by Crippen LogP contribution is -2.01. The van der Waals surface area contributed by atoms with E-state index in [2.05, 4.69) is 4.98 Å². The summed E-state index contributed by atoms with van der Waals surface area (Å²) in [5.41, 5.74) is 2.51. The second-order valence-electron chi connectivity index (χ2n) is 5.67. The number of sulfone groups is 1. The van der Waals surface area contributed by atoms with Crippen LogP contribution in [0.15, 0.2) is 59.6 Å². The number of hydrogen-bond donors (Lipinski definition) is 0. The molecule has 0 N–H and O–H groups in total. The molecule has 0 unspecified atom stereocenters. The van der Waals surface area contributed by atoms with Crippen molar-refractivity contribution in [2.45, 2.75) is 4.90 Å². The lowest BCUT2D eigenvalue weighted by molar-refractivity contribution is 0.415. The van der Waals surface area contributed by atoms with Gasteiger partial charge in [0.15, 0.2) is 9.84 Å². The average molecular weight is 392 g/mol. The van der Waals surface area contributed by atoms with E-state index in [-0.39, 0.29) is 4.90 Å². The third-order valence-corrected chi connectivity index (χ3v) is 5.30. The van der Waals surface area contributed by atoms with Crippen molar-refractivity contribution in [1.82, 2.24) is 4.98 Å². The van der Waals surface area contributed by atoms with E-state index in [4.69, 9.17) is 16.3 Å². The molecule has 0 fully saturated rings. The van der Waals surface area contributed by atoms with Crippen molar-refractivity contribution in [2.24, 2.45) is 0 Å². The van der Waals surface area contributed by atoms with Gasteiger partial charge in [0.1, 0.15) is 16.5 Å². The van der Waals surface area contributed by atoms with Crippen molar-refractivity contribution in [3.05, 3.63) is 65.6 Å². The van der Waals surface area contributed by atoms with E-state index < -0.39 is 15.7 Å². The lowest BCUT2D eigenvalue weighted by atomic mass is 9.99. The van der Waals surface area contributed by atoms with Crippen LogP contribution in [-0.4, -0.2) is 26.8 Å². The minimum atomic E-state index is -3.63. The van der Waals surface area contributed by atoms with Crippen LogP contribution in [0, 0.1) is 5.82 Å². The van der Waals surface area contributed by atoms with Gasteiger partial charge in [0.25, 0.3) is 0 Å². The number of halogens is 2. The van der Waals surface area contributed by atoms with Crippen LogP contribution < -0.4 is 4.74 Å². The van der Waals surface area contributed by atoms with Crippen LogP contribution in [0.25, 0.3) is 22.4 Å². The monoisotopic (exact) mass is 391 g/mol. The van der Waals surface area contributed by atoms with Gasteiger partial charge >= 0.3 is 0 Å². The predicted octanol–water partition coefficient (Wildman–Crippen LogP) is 4.62. The second kappa shape index (κ2) is 7.05. The summed E-state index contributed by atoms with van der Waals surface area (Å²) in [6, 6.07) is 12.9. The normalized spacial score (nSPS) is 11.4. The average Bonchev–Trinajstić information content (AvgIpc) is 2.60. The molecule has 1 heterocycles. The van der Waals surface area contributed by atoms with E-state index in [0.29, 0.717) is 22.0 Å². The maximum absolute atomic E-state index is 14.3. The topological polar surface area (TPSA) is 56.3 Å². The third-order valence-electron chi connectivity index (χ3n) is 3.88. The highest BCUT2D eigenvalue weighted by atomic mass is 35.5. The molecule has 134 valence electrons. The van der Waals surface area contributed by atoms with Crippen LogP contribution in [-0.2, 0) is 9.84 Å². The summed E-state index contributed by atoms with van der Waals surface area (Å²) in [6.45, 7) is 0. The van der Waals surface area contributed by atoms with E-state index in [1.54, 1.807) is 24.4 Å². The molecule has 3 rings (SSSR count). The second-order valence-corrected chi connectivity index (χ2v) is 8.06. The van der Waals surface area contributed by atoms with Gasteiger partial charge in [-0.05, 0) is 35.9 Å². The van der Waals surface area contributed by atoms with Crippen LogP contribution in [0.2, 0.25) is 5.02 Å². The first kappa shape index (κ1) is 18.4. The summed E-state index contributed by atoms with van der Waals surface area (Å²) in [5.74, 6) is -0.265. The minimum absolute atomic E-state index is 0.341. The summed E-state index contributed by atoms with van der Waals surface area (Å²) in [6.07, 6.45) is 2.56. The van der Waals surface area contributed by atoms with Gasteiger partial charge in [-0.25, -0.2) is 12.8 Å². The summed E-state index contributed by atoms with van der Waals surface area (Å²) >= 11 is 6.20. The van der Waals surface area contributed by atoms with Crippen molar-refractivity contribution in [2.75, 3.05) is 13.4 Å². The van der Waals surface area contributed by atoms with Crippen LogP contribution >= 0.6 is 11.6 Å². The molecule has 0 radical (unpaired) electrons. The maximum atomic E-state index is 14.3. The Morgan fingerprint density at radius 2 is 1.81 bits per heavy atom. The van der Waals surface area contributed by atoms with Crippen molar-refractivity contribution >= 4 is 21.4 Å². The first-order chi connectivity index (χ1) is 12.3. The molecule has 0 spiro atoms. The first-order valence-corrected chi connectivity index (χ1v) is 9.87. The fourth-order valence-corrected chi connectivity index (χ4v) is 3.64. The molecule has 0 atom stereocenters. The molecular formula is C19H15ClFNO3S. The van der Waals surface area contributed by atoms with Crippen LogP contribution in [0.5, 0.6) is 5.75 Å². The molecule has 2 aromatic carbocycles. The molecule has 0 aliphatic rings. The number of nitrogens with zero attached hydrogens (tertiary/aromatic N) is 1. The molecule has 0 saturated heterocycles. The van der Waals surface area contributed by atoms with Crippen molar-refractivity contribution in [1.29, 1.82) is 0 Å². The maximum Gasteiger partial charge on any atom is 0.178 e. The molecule has 7 heteroatoms. The van der Waals surface area contributed by atoms with Crippen molar-refractivity contribution in [3.8, 4) is 28.1 Å². The highest BCUT2D eigenvalue weighted by molar-refractivity contribution is 7.90. The Kier molecular flexibility index (Phi) is 4.98. The molecule has 26 heavy (non-hydrogen) atoms. The Labute approximate surface area is 156 Å².